The van der Waals surface area contributed by atoms with Gasteiger partial charge in [-0.25, -0.2) is 4.39 Å². The molecule has 16 heavy (non-hydrogen) atoms. The van der Waals surface area contributed by atoms with Crippen LogP contribution in [-0.2, 0) is 0 Å². The van der Waals surface area contributed by atoms with E-state index in [1.165, 1.54) is 6.07 Å². The number of nitrogens with one attached hydrogen (secondary N) is 1. The molecule has 0 radical (unpaired) electrons. The first-order valence-electron chi connectivity index (χ1n) is 4.99. The van der Waals surface area contributed by atoms with E-state index in [2.05, 4.69) is 5.32 Å². The van der Waals surface area contributed by atoms with Crippen molar-refractivity contribution < 1.29 is 9.18 Å². The first kappa shape index (κ1) is 13.0. The highest BCUT2D eigenvalue weighted by atomic mass is 35.5. The van der Waals surface area contributed by atoms with Crippen molar-refractivity contribution in [3.63, 3.8) is 0 Å². The van der Waals surface area contributed by atoms with E-state index in [4.69, 9.17) is 11.6 Å². The lowest BCUT2D eigenvalue weighted by atomic mass is 10.1. The molecule has 88 valence electrons. The van der Waals surface area contributed by atoms with Crippen LogP contribution < -0.4 is 5.32 Å². The minimum Gasteiger partial charge on any atom is -0.347 e. The Kier molecular flexibility index (Phi) is 3.58. The molecular formula is C12H15ClFNO. The normalized spacial score (nSPS) is 11.4. The van der Waals surface area contributed by atoms with E-state index in [0.717, 1.165) is 0 Å². The van der Waals surface area contributed by atoms with Gasteiger partial charge in [-0.1, -0.05) is 17.7 Å². The molecular weight excluding hydrogens is 229 g/mol. The number of hydrogen-bond acceptors (Lipinski definition) is 1. The zero-order chi connectivity index (χ0) is 12.5. The van der Waals surface area contributed by atoms with Gasteiger partial charge in [0.1, 0.15) is 5.82 Å². The van der Waals surface area contributed by atoms with Crippen molar-refractivity contribution in [3.05, 3.63) is 34.1 Å². The Balaban J connectivity index is 3.14. The number of aryl methyl sites for hydroxylation is 1. The second-order valence-corrected chi connectivity index (χ2v) is 5.14. The van der Waals surface area contributed by atoms with Crippen LogP contribution in [0.4, 0.5) is 4.39 Å². The standard InChI is InChI=1S/C12H15ClFNO/c1-7-5-6-8(14)9(10(7)13)11(16)15-12(2,3)4/h5-6H,1-4H3,(H,15,16). The van der Waals surface area contributed by atoms with Crippen molar-refractivity contribution in [2.45, 2.75) is 33.2 Å². The Bertz CT molecular complexity index is 424. The fourth-order valence-corrected chi connectivity index (χ4v) is 1.51. The van der Waals surface area contributed by atoms with E-state index in [0.29, 0.717) is 5.56 Å². The third-order valence-electron chi connectivity index (χ3n) is 2.00. The van der Waals surface area contributed by atoms with E-state index < -0.39 is 17.3 Å². The number of halogens is 2. The zero-order valence-corrected chi connectivity index (χ0v) is 10.6. The molecule has 0 unspecified atom stereocenters. The molecule has 0 heterocycles. The van der Waals surface area contributed by atoms with E-state index in [1.54, 1.807) is 13.0 Å². The van der Waals surface area contributed by atoms with Crippen LogP contribution in [-0.4, -0.2) is 11.4 Å². The summed E-state index contributed by atoms with van der Waals surface area (Å²) < 4.78 is 13.5. The molecule has 1 amide bonds. The zero-order valence-electron chi connectivity index (χ0n) is 9.82. The highest BCUT2D eigenvalue weighted by Crippen LogP contribution is 2.23. The van der Waals surface area contributed by atoms with Gasteiger partial charge in [0.05, 0.1) is 10.6 Å². The summed E-state index contributed by atoms with van der Waals surface area (Å²) in [6, 6.07) is 2.80. The highest BCUT2D eigenvalue weighted by molar-refractivity contribution is 6.34. The van der Waals surface area contributed by atoms with E-state index in [1.807, 2.05) is 20.8 Å². The van der Waals surface area contributed by atoms with Crippen LogP contribution in [0.5, 0.6) is 0 Å². The Morgan fingerprint density at radius 1 is 1.38 bits per heavy atom. The third-order valence-corrected chi connectivity index (χ3v) is 2.49. The van der Waals surface area contributed by atoms with E-state index >= 15 is 0 Å². The summed E-state index contributed by atoms with van der Waals surface area (Å²) in [6.07, 6.45) is 0. The molecule has 1 rings (SSSR count). The van der Waals surface area contributed by atoms with Gasteiger partial charge in [0, 0.05) is 5.54 Å². The van der Waals surface area contributed by atoms with Crippen LogP contribution in [0.25, 0.3) is 0 Å². The van der Waals surface area contributed by atoms with Crippen LogP contribution in [0, 0.1) is 12.7 Å². The molecule has 4 heteroatoms. The number of amides is 1. The molecule has 0 spiro atoms. The molecule has 0 aromatic heterocycles. The summed E-state index contributed by atoms with van der Waals surface area (Å²) in [4.78, 5) is 11.8. The molecule has 0 aliphatic carbocycles. The quantitative estimate of drug-likeness (QED) is 0.806. The maximum Gasteiger partial charge on any atom is 0.256 e. The maximum absolute atomic E-state index is 13.5. The number of hydrogen-bond donors (Lipinski definition) is 1. The van der Waals surface area contributed by atoms with Crippen LogP contribution >= 0.6 is 11.6 Å². The highest BCUT2D eigenvalue weighted by Gasteiger charge is 2.21. The molecule has 0 aliphatic rings. The van der Waals surface area contributed by atoms with Crippen LogP contribution in [0.2, 0.25) is 5.02 Å². The van der Waals surface area contributed by atoms with Gasteiger partial charge in [-0.2, -0.15) is 0 Å². The number of carbonyl (C=O) groups excluding carboxylic acids is 1. The summed E-state index contributed by atoms with van der Waals surface area (Å²) in [5.74, 6) is -1.09. The summed E-state index contributed by atoms with van der Waals surface area (Å²) in [7, 11) is 0. The molecule has 0 bridgehead atoms. The molecule has 2 nitrogen and oxygen atoms in total. The predicted molar refractivity (Wildman–Crippen MR) is 63.4 cm³/mol. The lowest BCUT2D eigenvalue weighted by Crippen LogP contribution is -2.41. The average Bonchev–Trinajstić information content (AvgIpc) is 2.09. The molecule has 1 aromatic carbocycles. The van der Waals surface area contributed by atoms with Gasteiger partial charge in [0.2, 0.25) is 0 Å². The smallest absolute Gasteiger partial charge is 0.256 e. The lowest BCUT2D eigenvalue weighted by Gasteiger charge is -2.21. The van der Waals surface area contributed by atoms with Gasteiger partial charge < -0.3 is 5.32 Å². The van der Waals surface area contributed by atoms with Gasteiger partial charge in [-0.05, 0) is 39.3 Å². The summed E-state index contributed by atoms with van der Waals surface area (Å²) in [5, 5.41) is 2.85. The molecule has 0 fully saturated rings. The maximum atomic E-state index is 13.5. The molecule has 1 N–H and O–H groups in total. The van der Waals surface area contributed by atoms with Crippen molar-refractivity contribution >= 4 is 17.5 Å². The minimum atomic E-state index is -0.600. The minimum absolute atomic E-state index is 0.0865. The van der Waals surface area contributed by atoms with Crippen LogP contribution in [0.1, 0.15) is 36.7 Å². The molecule has 0 atom stereocenters. The largest absolute Gasteiger partial charge is 0.347 e. The Labute approximate surface area is 99.8 Å². The van der Waals surface area contributed by atoms with Gasteiger partial charge in [-0.3, -0.25) is 4.79 Å². The Hall–Kier alpha value is -1.09. The lowest BCUT2D eigenvalue weighted by molar-refractivity contribution is 0.0915. The van der Waals surface area contributed by atoms with Crippen LogP contribution in [0.3, 0.4) is 0 Å². The van der Waals surface area contributed by atoms with Crippen molar-refractivity contribution in [3.8, 4) is 0 Å². The third kappa shape index (κ3) is 2.95. The van der Waals surface area contributed by atoms with Gasteiger partial charge in [0.15, 0.2) is 0 Å². The van der Waals surface area contributed by atoms with Gasteiger partial charge in [0.25, 0.3) is 5.91 Å². The van der Waals surface area contributed by atoms with Crippen molar-refractivity contribution in [1.82, 2.24) is 5.32 Å². The average molecular weight is 244 g/mol. The van der Waals surface area contributed by atoms with Crippen molar-refractivity contribution in [2.24, 2.45) is 0 Å². The topological polar surface area (TPSA) is 29.1 Å². The Morgan fingerprint density at radius 2 is 1.94 bits per heavy atom. The first-order chi connectivity index (χ1) is 7.22. The molecule has 1 aromatic rings. The summed E-state index contributed by atoms with van der Waals surface area (Å²) >= 11 is 5.92. The summed E-state index contributed by atoms with van der Waals surface area (Å²) in [5.41, 5.74) is 0.176. The van der Waals surface area contributed by atoms with Crippen LogP contribution in [0.15, 0.2) is 12.1 Å². The summed E-state index contributed by atoms with van der Waals surface area (Å²) in [6.45, 7) is 7.21. The fourth-order valence-electron chi connectivity index (χ4n) is 1.27. The van der Waals surface area contributed by atoms with Gasteiger partial charge in [-0.15, -0.1) is 0 Å². The first-order valence-corrected chi connectivity index (χ1v) is 5.37. The molecule has 0 aliphatic heterocycles. The fraction of sp³-hybridized carbons (Fsp3) is 0.417. The van der Waals surface area contributed by atoms with Crippen molar-refractivity contribution in [1.29, 1.82) is 0 Å². The molecule has 0 saturated carbocycles. The van der Waals surface area contributed by atoms with E-state index in [9.17, 15) is 9.18 Å². The predicted octanol–water partition coefficient (Wildman–Crippen LogP) is 3.32. The second kappa shape index (κ2) is 4.42. The second-order valence-electron chi connectivity index (χ2n) is 4.76. The number of carbonyl (C=O) groups is 1. The van der Waals surface area contributed by atoms with Gasteiger partial charge >= 0.3 is 0 Å². The molecule has 0 saturated heterocycles. The Morgan fingerprint density at radius 3 is 2.44 bits per heavy atom. The number of rotatable bonds is 1. The monoisotopic (exact) mass is 243 g/mol. The number of benzene rings is 1. The van der Waals surface area contributed by atoms with Crippen molar-refractivity contribution in [2.75, 3.05) is 0 Å². The SMILES string of the molecule is Cc1ccc(F)c(C(=O)NC(C)(C)C)c1Cl. The van der Waals surface area contributed by atoms with E-state index in [-0.39, 0.29) is 10.6 Å².